The van der Waals surface area contributed by atoms with Crippen molar-refractivity contribution in [3.8, 4) is 17.2 Å². The van der Waals surface area contributed by atoms with Gasteiger partial charge in [0.15, 0.2) is 11.5 Å². The highest BCUT2D eigenvalue weighted by Crippen LogP contribution is 2.32. The Morgan fingerprint density at radius 3 is 2.18 bits per heavy atom. The molecule has 0 aliphatic heterocycles. The van der Waals surface area contributed by atoms with Crippen LogP contribution in [0.25, 0.3) is 0 Å². The van der Waals surface area contributed by atoms with Gasteiger partial charge >= 0.3 is 0 Å². The van der Waals surface area contributed by atoms with Crippen molar-refractivity contribution in [2.75, 3.05) is 37.5 Å². The molecule has 0 aliphatic carbocycles. The molecule has 3 aromatic rings. The number of hydrogen-bond acceptors (Lipinski definition) is 6. The lowest BCUT2D eigenvalue weighted by atomic mass is 10.3. The summed E-state index contributed by atoms with van der Waals surface area (Å²) < 4.78 is 43.8. The second-order valence-corrected chi connectivity index (χ2v) is 9.02. The highest BCUT2D eigenvalue weighted by atomic mass is 35.5. The van der Waals surface area contributed by atoms with Crippen molar-refractivity contribution in [2.45, 2.75) is 4.90 Å². The maximum absolute atomic E-state index is 13.6. The Morgan fingerprint density at radius 1 is 0.909 bits per heavy atom. The Bertz CT molecular complexity index is 1230. The maximum atomic E-state index is 13.6. The van der Waals surface area contributed by atoms with Crippen molar-refractivity contribution in [3.05, 3.63) is 71.8 Å². The van der Waals surface area contributed by atoms with Gasteiger partial charge in [0.25, 0.3) is 10.0 Å². The smallest absolute Gasteiger partial charge is 0.264 e. The fourth-order valence-corrected chi connectivity index (χ4v) is 4.67. The quantitative estimate of drug-likeness (QED) is 0.483. The van der Waals surface area contributed by atoms with E-state index in [1.807, 2.05) is 0 Å². The van der Waals surface area contributed by atoms with E-state index < -0.39 is 22.5 Å². The largest absolute Gasteiger partial charge is 0.497 e. The Hall–Kier alpha value is -3.43. The van der Waals surface area contributed by atoms with Crippen molar-refractivity contribution in [1.29, 1.82) is 0 Å². The zero-order valence-electron chi connectivity index (χ0n) is 18.2. The van der Waals surface area contributed by atoms with Crippen LogP contribution >= 0.6 is 11.6 Å². The Labute approximate surface area is 197 Å². The SMILES string of the molecule is COc1ccc(N(CC(=O)Nc2ccccc2Cl)S(=O)(=O)c2ccc(OC)c(OC)c2)cc1. The van der Waals surface area contributed by atoms with Gasteiger partial charge < -0.3 is 19.5 Å². The molecule has 0 heterocycles. The summed E-state index contributed by atoms with van der Waals surface area (Å²) in [6, 6.07) is 17.2. The van der Waals surface area contributed by atoms with Gasteiger partial charge in [0.2, 0.25) is 5.91 Å². The first kappa shape index (κ1) is 24.2. The fraction of sp³-hybridized carbons (Fsp3) is 0.174. The Kier molecular flexibility index (Phi) is 7.67. The molecule has 0 radical (unpaired) electrons. The molecule has 0 aromatic heterocycles. The van der Waals surface area contributed by atoms with Gasteiger partial charge in [0.1, 0.15) is 12.3 Å². The molecule has 0 fully saturated rings. The van der Waals surface area contributed by atoms with E-state index in [4.69, 9.17) is 25.8 Å². The van der Waals surface area contributed by atoms with E-state index in [2.05, 4.69) is 5.32 Å². The fourth-order valence-electron chi connectivity index (χ4n) is 3.05. The van der Waals surface area contributed by atoms with E-state index in [1.165, 1.54) is 39.5 Å². The summed E-state index contributed by atoms with van der Waals surface area (Å²) in [5.41, 5.74) is 0.655. The van der Waals surface area contributed by atoms with Crippen molar-refractivity contribution in [1.82, 2.24) is 0 Å². The molecule has 0 unspecified atom stereocenters. The minimum Gasteiger partial charge on any atom is -0.497 e. The molecule has 1 amide bonds. The second kappa shape index (κ2) is 10.5. The van der Waals surface area contributed by atoms with E-state index >= 15 is 0 Å². The summed E-state index contributed by atoms with van der Waals surface area (Å²) in [4.78, 5) is 12.8. The number of benzene rings is 3. The molecular formula is C23H23ClN2O6S. The number of para-hydroxylation sites is 1. The van der Waals surface area contributed by atoms with Crippen LogP contribution in [0.1, 0.15) is 0 Å². The third kappa shape index (κ3) is 5.50. The topological polar surface area (TPSA) is 94.2 Å². The van der Waals surface area contributed by atoms with Crippen molar-refractivity contribution < 1.29 is 27.4 Å². The lowest BCUT2D eigenvalue weighted by Crippen LogP contribution is -2.38. The van der Waals surface area contributed by atoms with Gasteiger partial charge in [0.05, 0.1) is 42.6 Å². The number of methoxy groups -OCH3 is 3. The second-order valence-electron chi connectivity index (χ2n) is 6.75. The first-order chi connectivity index (χ1) is 15.8. The molecule has 0 atom stereocenters. The summed E-state index contributed by atoms with van der Waals surface area (Å²) >= 11 is 6.12. The molecule has 0 saturated heterocycles. The number of amides is 1. The molecule has 3 aromatic carbocycles. The highest BCUT2D eigenvalue weighted by Gasteiger charge is 2.28. The van der Waals surface area contributed by atoms with Crippen LogP contribution in [0.5, 0.6) is 17.2 Å². The van der Waals surface area contributed by atoms with Crippen LogP contribution in [-0.2, 0) is 14.8 Å². The number of rotatable bonds is 9. The van der Waals surface area contributed by atoms with Gasteiger partial charge in [-0.2, -0.15) is 0 Å². The van der Waals surface area contributed by atoms with Crippen LogP contribution in [0.4, 0.5) is 11.4 Å². The molecule has 0 aliphatic rings. The summed E-state index contributed by atoms with van der Waals surface area (Å²) in [5, 5.41) is 2.99. The molecular weight excluding hydrogens is 468 g/mol. The predicted octanol–water partition coefficient (Wildman–Crippen LogP) is 4.20. The lowest BCUT2D eigenvalue weighted by Gasteiger charge is -2.25. The van der Waals surface area contributed by atoms with Crippen molar-refractivity contribution in [2.24, 2.45) is 0 Å². The van der Waals surface area contributed by atoms with E-state index in [0.29, 0.717) is 22.2 Å². The van der Waals surface area contributed by atoms with Gasteiger partial charge in [-0.3, -0.25) is 9.10 Å². The third-order valence-electron chi connectivity index (χ3n) is 4.74. The molecule has 10 heteroatoms. The lowest BCUT2D eigenvalue weighted by molar-refractivity contribution is -0.114. The van der Waals surface area contributed by atoms with Crippen LogP contribution in [0.15, 0.2) is 71.6 Å². The minimum atomic E-state index is -4.17. The molecule has 33 heavy (non-hydrogen) atoms. The number of nitrogens with one attached hydrogen (secondary N) is 1. The molecule has 174 valence electrons. The van der Waals surface area contributed by atoms with Gasteiger partial charge in [-0.05, 0) is 48.5 Å². The first-order valence-electron chi connectivity index (χ1n) is 9.73. The Balaban J connectivity index is 2.00. The van der Waals surface area contributed by atoms with E-state index in [9.17, 15) is 13.2 Å². The first-order valence-corrected chi connectivity index (χ1v) is 11.5. The molecule has 0 bridgehead atoms. The number of anilines is 2. The normalized spacial score (nSPS) is 10.9. The molecule has 3 rings (SSSR count). The third-order valence-corrected chi connectivity index (χ3v) is 6.84. The van der Waals surface area contributed by atoms with Gasteiger partial charge in [-0.25, -0.2) is 8.42 Å². The average molecular weight is 491 g/mol. The number of halogens is 1. The highest BCUT2D eigenvalue weighted by molar-refractivity contribution is 7.92. The summed E-state index contributed by atoms with van der Waals surface area (Å²) in [7, 11) is 0.201. The number of nitrogens with zero attached hydrogens (tertiary/aromatic N) is 1. The standard InChI is InChI=1S/C23H23ClN2O6S/c1-30-17-10-8-16(9-11-17)26(15-23(27)25-20-7-5-4-6-19(20)24)33(28,29)18-12-13-21(31-2)22(14-18)32-3/h4-14H,15H2,1-3H3,(H,25,27). The van der Waals surface area contributed by atoms with Crippen LogP contribution in [0, 0.1) is 0 Å². The van der Waals surface area contributed by atoms with Crippen molar-refractivity contribution in [3.63, 3.8) is 0 Å². The number of ether oxygens (including phenoxy) is 3. The summed E-state index contributed by atoms with van der Waals surface area (Å²) in [6.07, 6.45) is 0. The molecule has 0 saturated carbocycles. The number of carbonyl (C=O) groups is 1. The monoisotopic (exact) mass is 490 g/mol. The number of sulfonamides is 1. The van der Waals surface area contributed by atoms with Gasteiger partial charge in [-0.15, -0.1) is 0 Å². The molecule has 1 N–H and O–H groups in total. The zero-order valence-corrected chi connectivity index (χ0v) is 19.8. The number of hydrogen-bond donors (Lipinski definition) is 1. The molecule has 8 nitrogen and oxygen atoms in total. The summed E-state index contributed by atoms with van der Waals surface area (Å²) in [5.74, 6) is 0.600. The van der Waals surface area contributed by atoms with E-state index in [1.54, 1.807) is 48.5 Å². The predicted molar refractivity (Wildman–Crippen MR) is 127 cm³/mol. The zero-order chi connectivity index (χ0) is 24.0. The van der Waals surface area contributed by atoms with Crippen LogP contribution in [0.3, 0.4) is 0 Å². The van der Waals surface area contributed by atoms with Crippen LogP contribution in [-0.4, -0.2) is 42.2 Å². The van der Waals surface area contributed by atoms with Crippen LogP contribution < -0.4 is 23.8 Å². The van der Waals surface area contributed by atoms with Crippen molar-refractivity contribution >= 4 is 38.9 Å². The maximum Gasteiger partial charge on any atom is 0.264 e. The van der Waals surface area contributed by atoms with Gasteiger partial charge in [0, 0.05) is 6.07 Å². The average Bonchev–Trinajstić information content (AvgIpc) is 2.83. The minimum absolute atomic E-state index is 0.0680. The number of carbonyl (C=O) groups excluding carboxylic acids is 1. The Morgan fingerprint density at radius 2 is 1.58 bits per heavy atom. The van der Waals surface area contributed by atoms with Crippen LogP contribution in [0.2, 0.25) is 5.02 Å². The van der Waals surface area contributed by atoms with E-state index in [-0.39, 0.29) is 16.3 Å². The van der Waals surface area contributed by atoms with Gasteiger partial charge in [-0.1, -0.05) is 23.7 Å². The van der Waals surface area contributed by atoms with E-state index in [0.717, 1.165) is 4.31 Å². The summed E-state index contributed by atoms with van der Waals surface area (Å²) in [6.45, 7) is -0.492. The molecule has 0 spiro atoms.